The maximum absolute atomic E-state index is 6.09. The first kappa shape index (κ1) is 17.3. The van der Waals surface area contributed by atoms with E-state index in [0.29, 0.717) is 15.6 Å². The van der Waals surface area contributed by atoms with Gasteiger partial charge >= 0.3 is 0 Å². The highest BCUT2D eigenvalue weighted by atomic mass is 35.5. The topological polar surface area (TPSA) is 35.2 Å². The molecule has 0 aromatic heterocycles. The Balaban J connectivity index is 2.19. The van der Waals surface area contributed by atoms with Crippen LogP contribution in [0.3, 0.4) is 0 Å². The Labute approximate surface area is 132 Å². The molecule has 0 bridgehead atoms. The number of unbranched alkanes of at least 4 members (excludes halogenated alkanes) is 6. The van der Waals surface area contributed by atoms with Crippen LogP contribution in [0.15, 0.2) is 18.2 Å². The molecular formula is C16H24ClNOS. The Morgan fingerprint density at radius 1 is 1.15 bits per heavy atom. The zero-order valence-electron chi connectivity index (χ0n) is 12.2. The lowest BCUT2D eigenvalue weighted by atomic mass is 10.1. The van der Waals surface area contributed by atoms with Gasteiger partial charge < -0.3 is 10.5 Å². The maximum Gasteiger partial charge on any atom is 0.120 e. The summed E-state index contributed by atoms with van der Waals surface area (Å²) in [4.78, 5) is 0.314. The summed E-state index contributed by atoms with van der Waals surface area (Å²) in [6.07, 6.45) is 8.94. The highest BCUT2D eigenvalue weighted by Crippen LogP contribution is 2.22. The van der Waals surface area contributed by atoms with Crippen LogP contribution in [0.2, 0.25) is 5.02 Å². The zero-order valence-corrected chi connectivity index (χ0v) is 13.7. The van der Waals surface area contributed by atoms with Gasteiger partial charge in [0.15, 0.2) is 0 Å². The van der Waals surface area contributed by atoms with Crippen molar-refractivity contribution in [3.63, 3.8) is 0 Å². The average Bonchev–Trinajstić information content (AvgIpc) is 2.41. The number of benzene rings is 1. The van der Waals surface area contributed by atoms with E-state index in [-0.39, 0.29) is 0 Å². The number of thiocarbonyl (C=S) groups is 1. The van der Waals surface area contributed by atoms with E-state index in [1.807, 2.05) is 12.1 Å². The van der Waals surface area contributed by atoms with Crippen LogP contribution in [0, 0.1) is 0 Å². The molecule has 1 aromatic carbocycles. The van der Waals surface area contributed by atoms with E-state index in [1.54, 1.807) is 6.07 Å². The van der Waals surface area contributed by atoms with Gasteiger partial charge in [-0.2, -0.15) is 0 Å². The first-order valence-electron chi connectivity index (χ1n) is 7.37. The number of hydrogen-bond donors (Lipinski definition) is 1. The molecule has 0 fully saturated rings. The molecular weight excluding hydrogens is 290 g/mol. The third kappa shape index (κ3) is 6.58. The first-order chi connectivity index (χ1) is 9.65. The van der Waals surface area contributed by atoms with E-state index < -0.39 is 0 Å². The smallest absolute Gasteiger partial charge is 0.120 e. The van der Waals surface area contributed by atoms with Crippen LogP contribution in [-0.2, 0) is 0 Å². The lowest BCUT2D eigenvalue weighted by Crippen LogP contribution is -2.10. The van der Waals surface area contributed by atoms with Crippen molar-refractivity contribution in [2.24, 2.45) is 5.73 Å². The molecule has 2 nitrogen and oxygen atoms in total. The monoisotopic (exact) mass is 313 g/mol. The Bertz CT molecular complexity index is 423. The van der Waals surface area contributed by atoms with Gasteiger partial charge in [-0.3, -0.25) is 0 Å². The molecule has 0 atom stereocenters. The highest BCUT2D eigenvalue weighted by Gasteiger charge is 2.04. The molecule has 0 aliphatic heterocycles. The second-order valence-electron chi connectivity index (χ2n) is 4.98. The van der Waals surface area contributed by atoms with Crippen LogP contribution in [0.1, 0.15) is 57.4 Å². The fraction of sp³-hybridized carbons (Fsp3) is 0.562. The van der Waals surface area contributed by atoms with E-state index in [1.165, 1.54) is 38.5 Å². The minimum absolute atomic E-state index is 0.314. The molecule has 0 spiro atoms. The van der Waals surface area contributed by atoms with Gasteiger partial charge in [-0.15, -0.1) is 0 Å². The van der Waals surface area contributed by atoms with Gasteiger partial charge in [0.2, 0.25) is 0 Å². The van der Waals surface area contributed by atoms with Gasteiger partial charge in [0, 0.05) is 5.56 Å². The van der Waals surface area contributed by atoms with E-state index in [0.717, 1.165) is 18.8 Å². The number of hydrogen-bond acceptors (Lipinski definition) is 2. The molecule has 1 rings (SSSR count). The molecule has 112 valence electrons. The fourth-order valence-corrected chi connectivity index (χ4v) is 2.54. The number of rotatable bonds is 10. The molecule has 0 saturated carbocycles. The van der Waals surface area contributed by atoms with Crippen molar-refractivity contribution in [3.05, 3.63) is 28.8 Å². The highest BCUT2D eigenvalue weighted by molar-refractivity contribution is 7.80. The summed E-state index contributed by atoms with van der Waals surface area (Å²) in [5, 5.41) is 0.551. The molecule has 0 aliphatic rings. The largest absolute Gasteiger partial charge is 0.494 e. The number of ether oxygens (including phenoxy) is 1. The van der Waals surface area contributed by atoms with Gasteiger partial charge in [0.05, 0.1) is 11.6 Å². The SMILES string of the molecule is CCCCCCCCCOc1ccc(C(N)=S)c(Cl)c1. The van der Waals surface area contributed by atoms with Crippen LogP contribution >= 0.6 is 23.8 Å². The molecule has 1 aromatic rings. The lowest BCUT2D eigenvalue weighted by molar-refractivity contribution is 0.304. The molecule has 0 saturated heterocycles. The number of nitrogens with two attached hydrogens (primary N) is 1. The van der Waals surface area contributed by atoms with Crippen molar-refractivity contribution >= 4 is 28.8 Å². The normalized spacial score (nSPS) is 10.5. The van der Waals surface area contributed by atoms with Crippen LogP contribution in [0.5, 0.6) is 5.75 Å². The Hall–Kier alpha value is -0.800. The van der Waals surface area contributed by atoms with Crippen molar-refractivity contribution in [2.45, 2.75) is 51.9 Å². The quantitative estimate of drug-likeness (QED) is 0.482. The van der Waals surface area contributed by atoms with Crippen molar-refractivity contribution < 1.29 is 4.74 Å². The Morgan fingerprint density at radius 3 is 2.40 bits per heavy atom. The maximum atomic E-state index is 6.09. The summed E-state index contributed by atoms with van der Waals surface area (Å²) < 4.78 is 5.68. The third-order valence-corrected chi connectivity index (χ3v) is 3.76. The molecule has 0 radical (unpaired) electrons. The average molecular weight is 314 g/mol. The lowest BCUT2D eigenvalue weighted by Gasteiger charge is -2.08. The van der Waals surface area contributed by atoms with E-state index in [9.17, 15) is 0 Å². The van der Waals surface area contributed by atoms with Crippen molar-refractivity contribution in [3.8, 4) is 5.75 Å². The van der Waals surface area contributed by atoms with Gasteiger partial charge in [0.25, 0.3) is 0 Å². The summed E-state index contributed by atoms with van der Waals surface area (Å²) in [7, 11) is 0. The molecule has 0 aliphatic carbocycles. The number of halogens is 1. The minimum Gasteiger partial charge on any atom is -0.494 e. The molecule has 0 heterocycles. The molecule has 4 heteroatoms. The van der Waals surface area contributed by atoms with Crippen LogP contribution in [0.25, 0.3) is 0 Å². The molecule has 20 heavy (non-hydrogen) atoms. The molecule has 2 N–H and O–H groups in total. The second-order valence-corrected chi connectivity index (χ2v) is 5.82. The Kier molecular flexibility index (Phi) is 8.63. The summed E-state index contributed by atoms with van der Waals surface area (Å²) in [5.74, 6) is 0.779. The van der Waals surface area contributed by atoms with Gasteiger partial charge in [0.1, 0.15) is 10.7 Å². The third-order valence-electron chi connectivity index (χ3n) is 3.22. The summed E-state index contributed by atoms with van der Waals surface area (Å²) in [6, 6.07) is 5.45. The molecule has 0 unspecified atom stereocenters. The first-order valence-corrected chi connectivity index (χ1v) is 8.16. The summed E-state index contributed by atoms with van der Waals surface area (Å²) >= 11 is 11.0. The van der Waals surface area contributed by atoms with Crippen LogP contribution in [-0.4, -0.2) is 11.6 Å². The van der Waals surface area contributed by atoms with E-state index >= 15 is 0 Å². The van der Waals surface area contributed by atoms with Gasteiger partial charge in [-0.25, -0.2) is 0 Å². The van der Waals surface area contributed by atoms with Crippen LogP contribution in [0.4, 0.5) is 0 Å². The molecule has 0 amide bonds. The Morgan fingerprint density at radius 2 is 1.80 bits per heavy atom. The minimum atomic E-state index is 0.314. The predicted molar refractivity (Wildman–Crippen MR) is 90.8 cm³/mol. The van der Waals surface area contributed by atoms with E-state index in [2.05, 4.69) is 6.92 Å². The fourth-order valence-electron chi connectivity index (χ4n) is 2.03. The summed E-state index contributed by atoms with van der Waals surface area (Å²) in [6.45, 7) is 2.97. The van der Waals surface area contributed by atoms with Crippen LogP contribution < -0.4 is 10.5 Å². The second kappa shape index (κ2) is 10.0. The van der Waals surface area contributed by atoms with Crippen molar-refractivity contribution in [1.82, 2.24) is 0 Å². The van der Waals surface area contributed by atoms with Gasteiger partial charge in [-0.05, 0) is 24.6 Å². The van der Waals surface area contributed by atoms with Crippen molar-refractivity contribution in [1.29, 1.82) is 0 Å². The summed E-state index contributed by atoms with van der Waals surface area (Å²) in [5.41, 5.74) is 6.26. The van der Waals surface area contributed by atoms with Gasteiger partial charge in [-0.1, -0.05) is 69.3 Å². The predicted octanol–water partition coefficient (Wildman–Crippen LogP) is 5.10. The van der Waals surface area contributed by atoms with Crippen molar-refractivity contribution in [2.75, 3.05) is 6.61 Å². The standard InChI is InChI=1S/C16H24ClNOS/c1-2-3-4-5-6-7-8-11-19-13-9-10-14(16(18)20)15(17)12-13/h9-10,12H,2-8,11H2,1H3,(H2,18,20). The zero-order chi connectivity index (χ0) is 14.8. The van der Waals surface area contributed by atoms with E-state index in [4.69, 9.17) is 34.3 Å².